The predicted octanol–water partition coefficient (Wildman–Crippen LogP) is 9.67. The van der Waals surface area contributed by atoms with Crippen LogP contribution in [0.25, 0.3) is 16.7 Å². The summed E-state index contributed by atoms with van der Waals surface area (Å²) >= 11 is 0. The van der Waals surface area contributed by atoms with E-state index in [9.17, 15) is 0 Å². The minimum Gasteiger partial charge on any atom is -0.310 e. The highest BCUT2D eigenvalue weighted by molar-refractivity contribution is 5.83. The van der Waals surface area contributed by atoms with E-state index < -0.39 is 0 Å². The van der Waals surface area contributed by atoms with Crippen LogP contribution in [-0.4, -0.2) is 0 Å². The van der Waals surface area contributed by atoms with Gasteiger partial charge in [-0.1, -0.05) is 61.0 Å². The van der Waals surface area contributed by atoms with Crippen molar-refractivity contribution in [2.24, 2.45) is 0 Å². The van der Waals surface area contributed by atoms with Crippen LogP contribution in [0.4, 0.5) is 17.1 Å². The van der Waals surface area contributed by atoms with Gasteiger partial charge in [-0.3, -0.25) is 0 Å². The maximum Gasteiger partial charge on any atom is 0.0467 e. The van der Waals surface area contributed by atoms with E-state index in [1.807, 2.05) is 0 Å². The lowest BCUT2D eigenvalue weighted by Gasteiger charge is -2.32. The summed E-state index contributed by atoms with van der Waals surface area (Å²) in [5.41, 5.74) is 15.4. The number of aryl methyl sites for hydroxylation is 2. The van der Waals surface area contributed by atoms with Gasteiger partial charge in [-0.05, 0) is 127 Å². The molecule has 4 aromatic carbocycles. The van der Waals surface area contributed by atoms with Gasteiger partial charge in [0.15, 0.2) is 0 Å². The fourth-order valence-corrected chi connectivity index (χ4v) is 6.47. The highest BCUT2D eigenvalue weighted by atomic mass is 15.1. The molecular weight excluding hydrogens is 422 g/mol. The molecule has 1 saturated carbocycles. The molecule has 0 N–H and O–H groups in total. The zero-order valence-corrected chi connectivity index (χ0v) is 21.2. The van der Waals surface area contributed by atoms with Crippen LogP contribution in [0.2, 0.25) is 0 Å². The van der Waals surface area contributed by atoms with Crippen molar-refractivity contribution < 1.29 is 0 Å². The van der Waals surface area contributed by atoms with Crippen LogP contribution < -0.4 is 4.90 Å². The number of anilines is 3. The molecule has 35 heavy (non-hydrogen) atoms. The second-order valence-corrected chi connectivity index (χ2v) is 10.7. The maximum absolute atomic E-state index is 2.50. The van der Waals surface area contributed by atoms with Gasteiger partial charge in [-0.2, -0.15) is 0 Å². The second-order valence-electron chi connectivity index (χ2n) is 10.7. The van der Waals surface area contributed by atoms with Crippen LogP contribution in [0.1, 0.15) is 55.4 Å². The smallest absolute Gasteiger partial charge is 0.0467 e. The standard InChI is InChI=1S/C34H33N/c1-23-19-30(35(28-11-7-5-8-12-28)29-13-9-6-10-14-29)20-24(2)33(23)26-15-16-31-25(3)27-17-18-34(4,22-27)32(31)21-26/h5-16,19-21H,17-18,22H2,1-4H3. The summed E-state index contributed by atoms with van der Waals surface area (Å²) in [6.45, 7) is 9.32. The number of nitrogens with zero attached hydrogens (tertiary/aromatic N) is 1. The first-order valence-corrected chi connectivity index (χ1v) is 12.8. The summed E-state index contributed by atoms with van der Waals surface area (Å²) < 4.78 is 0. The number of allylic oxidation sites excluding steroid dienone is 2. The lowest BCUT2D eigenvalue weighted by atomic mass is 9.72. The Bertz CT molecular complexity index is 1380. The molecule has 1 fully saturated rings. The number of rotatable bonds is 4. The molecule has 2 aliphatic carbocycles. The number of benzene rings is 4. The van der Waals surface area contributed by atoms with E-state index in [4.69, 9.17) is 0 Å². The van der Waals surface area contributed by atoms with Crippen molar-refractivity contribution >= 4 is 22.6 Å². The van der Waals surface area contributed by atoms with Crippen molar-refractivity contribution in [3.63, 3.8) is 0 Å². The van der Waals surface area contributed by atoms with E-state index in [2.05, 4.69) is 124 Å². The van der Waals surface area contributed by atoms with E-state index in [0.29, 0.717) is 5.41 Å². The summed E-state index contributed by atoms with van der Waals surface area (Å²) in [7, 11) is 0. The number of hydrogen-bond donors (Lipinski definition) is 0. The Morgan fingerprint density at radius 3 is 1.89 bits per heavy atom. The Hall–Kier alpha value is -3.58. The first-order chi connectivity index (χ1) is 16.9. The van der Waals surface area contributed by atoms with Crippen molar-refractivity contribution in [2.75, 3.05) is 4.90 Å². The van der Waals surface area contributed by atoms with E-state index in [0.717, 1.165) is 0 Å². The Balaban J connectivity index is 1.47. The lowest BCUT2D eigenvalue weighted by molar-refractivity contribution is 0.495. The van der Waals surface area contributed by atoms with Gasteiger partial charge in [-0.25, -0.2) is 0 Å². The highest BCUT2D eigenvalue weighted by Crippen LogP contribution is 2.53. The highest BCUT2D eigenvalue weighted by Gasteiger charge is 2.39. The zero-order valence-electron chi connectivity index (χ0n) is 21.2. The first-order valence-electron chi connectivity index (χ1n) is 12.8. The summed E-state index contributed by atoms with van der Waals surface area (Å²) in [5, 5.41) is 0. The fraction of sp³-hybridized carbons (Fsp3) is 0.235. The topological polar surface area (TPSA) is 3.24 Å². The molecule has 0 radical (unpaired) electrons. The van der Waals surface area contributed by atoms with E-state index in [1.54, 1.807) is 11.1 Å². The molecule has 0 amide bonds. The zero-order chi connectivity index (χ0) is 24.2. The summed E-state index contributed by atoms with van der Waals surface area (Å²) in [6, 6.07) is 33.2. The molecule has 1 nitrogen and oxygen atoms in total. The minimum atomic E-state index is 0.291. The molecule has 0 aliphatic heterocycles. The van der Waals surface area contributed by atoms with E-state index in [1.165, 1.54) is 69.7 Å². The largest absolute Gasteiger partial charge is 0.310 e. The molecular formula is C34H33N. The Morgan fingerprint density at radius 2 is 1.29 bits per heavy atom. The summed E-state index contributed by atoms with van der Waals surface area (Å²) in [6.07, 6.45) is 3.76. The van der Waals surface area contributed by atoms with Gasteiger partial charge in [0.2, 0.25) is 0 Å². The first kappa shape index (κ1) is 21.9. The molecule has 1 unspecified atom stereocenters. The van der Waals surface area contributed by atoms with Crippen LogP contribution in [0.3, 0.4) is 0 Å². The second kappa shape index (κ2) is 8.27. The SMILES string of the molecule is CC1=C2CCC(C)(C2)c2cc(-c3c(C)cc(N(c4ccccc4)c4ccccc4)cc3C)ccc21. The van der Waals surface area contributed by atoms with Crippen LogP contribution in [-0.2, 0) is 5.41 Å². The van der Waals surface area contributed by atoms with Gasteiger partial charge < -0.3 is 4.90 Å². The Kier molecular flexibility index (Phi) is 5.18. The molecule has 2 bridgehead atoms. The molecule has 6 rings (SSSR count). The molecule has 174 valence electrons. The molecule has 2 aliphatic rings. The van der Waals surface area contributed by atoms with E-state index >= 15 is 0 Å². The van der Waals surface area contributed by atoms with Crippen molar-refractivity contribution in [2.45, 2.75) is 52.4 Å². The van der Waals surface area contributed by atoms with Gasteiger partial charge in [0, 0.05) is 17.1 Å². The molecule has 4 aromatic rings. The average Bonchev–Trinajstić information content (AvgIpc) is 3.24. The van der Waals surface area contributed by atoms with Crippen LogP contribution >= 0.6 is 0 Å². The average molecular weight is 456 g/mol. The third-order valence-corrected chi connectivity index (χ3v) is 8.28. The monoisotopic (exact) mass is 455 g/mol. The molecule has 0 aromatic heterocycles. The van der Waals surface area contributed by atoms with Crippen molar-refractivity contribution in [3.05, 3.63) is 119 Å². The Morgan fingerprint density at radius 1 is 0.686 bits per heavy atom. The third-order valence-electron chi connectivity index (χ3n) is 8.28. The molecule has 1 heteroatoms. The van der Waals surface area contributed by atoms with Gasteiger partial charge >= 0.3 is 0 Å². The van der Waals surface area contributed by atoms with Crippen LogP contribution in [0, 0.1) is 13.8 Å². The number of fused-ring (bicyclic) bond motifs is 4. The molecule has 0 saturated heterocycles. The normalized spacial score (nSPS) is 18.5. The lowest BCUT2D eigenvalue weighted by Crippen LogP contribution is -2.21. The quantitative estimate of drug-likeness (QED) is 0.296. The van der Waals surface area contributed by atoms with Crippen LogP contribution in [0.15, 0.2) is 96.6 Å². The van der Waals surface area contributed by atoms with Gasteiger partial charge in [0.05, 0.1) is 0 Å². The van der Waals surface area contributed by atoms with Crippen molar-refractivity contribution in [1.29, 1.82) is 0 Å². The predicted molar refractivity (Wildman–Crippen MR) is 150 cm³/mol. The van der Waals surface area contributed by atoms with Crippen molar-refractivity contribution in [1.82, 2.24) is 0 Å². The van der Waals surface area contributed by atoms with Gasteiger partial charge in [-0.15, -0.1) is 0 Å². The minimum absolute atomic E-state index is 0.291. The summed E-state index contributed by atoms with van der Waals surface area (Å²) in [4.78, 5) is 2.35. The summed E-state index contributed by atoms with van der Waals surface area (Å²) in [5.74, 6) is 0. The third kappa shape index (κ3) is 3.62. The van der Waals surface area contributed by atoms with Crippen LogP contribution in [0.5, 0.6) is 0 Å². The number of hydrogen-bond acceptors (Lipinski definition) is 1. The van der Waals surface area contributed by atoms with Gasteiger partial charge in [0.25, 0.3) is 0 Å². The molecule has 1 atom stereocenters. The maximum atomic E-state index is 2.50. The van der Waals surface area contributed by atoms with E-state index in [-0.39, 0.29) is 0 Å². The van der Waals surface area contributed by atoms with Crippen molar-refractivity contribution in [3.8, 4) is 11.1 Å². The molecule has 0 spiro atoms. The fourth-order valence-electron chi connectivity index (χ4n) is 6.47. The Labute approximate surface area is 209 Å². The molecule has 0 heterocycles. The van der Waals surface area contributed by atoms with Gasteiger partial charge in [0.1, 0.15) is 0 Å². The number of para-hydroxylation sites is 2.